The molecule has 1 aromatic rings. The minimum absolute atomic E-state index is 0.0424. The molecule has 0 atom stereocenters. The van der Waals surface area contributed by atoms with Crippen molar-refractivity contribution in [1.82, 2.24) is 10.2 Å². The quantitative estimate of drug-likeness (QED) is 0.428. The molecular formula is C13H22ClN3O3S2. The summed E-state index contributed by atoms with van der Waals surface area (Å²) in [7, 11) is 0.686. The first kappa shape index (κ1) is 19.2. The summed E-state index contributed by atoms with van der Waals surface area (Å²) in [5.74, 6) is 0.789. The van der Waals surface area contributed by atoms with Crippen molar-refractivity contribution in [3.63, 3.8) is 0 Å². The third-order valence-corrected chi connectivity index (χ3v) is 4.85. The summed E-state index contributed by atoms with van der Waals surface area (Å²) in [4.78, 5) is 7.34. The summed E-state index contributed by atoms with van der Waals surface area (Å²) >= 11 is 7.46. The van der Waals surface area contributed by atoms with Crippen LogP contribution in [0.4, 0.5) is 0 Å². The summed E-state index contributed by atoms with van der Waals surface area (Å²) in [5.41, 5.74) is 0. The van der Waals surface area contributed by atoms with Crippen LogP contribution in [0.2, 0.25) is 4.34 Å². The van der Waals surface area contributed by atoms with Crippen LogP contribution in [-0.2, 0) is 21.1 Å². The number of hydrogen-bond acceptors (Lipinski definition) is 5. The maximum absolute atomic E-state index is 11.0. The highest BCUT2D eigenvalue weighted by Gasteiger charge is 2.08. The number of rotatable bonds is 8. The van der Waals surface area contributed by atoms with Gasteiger partial charge in [0, 0.05) is 31.8 Å². The Balaban J connectivity index is 2.27. The molecule has 0 saturated heterocycles. The highest BCUT2D eigenvalue weighted by Crippen LogP contribution is 2.22. The van der Waals surface area contributed by atoms with Gasteiger partial charge in [0.15, 0.2) is 5.96 Å². The Hall–Kier alpha value is -0.830. The molecule has 1 heterocycles. The molecular weight excluding hydrogens is 346 g/mol. The van der Waals surface area contributed by atoms with E-state index in [4.69, 9.17) is 16.3 Å². The molecule has 126 valence electrons. The predicted octanol–water partition coefficient (Wildman–Crippen LogP) is 1.47. The zero-order valence-corrected chi connectivity index (χ0v) is 15.4. The van der Waals surface area contributed by atoms with E-state index in [0.29, 0.717) is 19.7 Å². The molecule has 0 aromatic carbocycles. The van der Waals surface area contributed by atoms with Crippen LogP contribution in [0.15, 0.2) is 17.1 Å². The van der Waals surface area contributed by atoms with Gasteiger partial charge < -0.3 is 15.0 Å². The molecule has 0 saturated carbocycles. The standard InChI is InChI=1S/C13H22ClN3O3S2/c1-15-13(16-6-7-20-8-9-22(3,18)19)17(2)10-11-4-5-12(14)21-11/h4-5H,6-10H2,1-3H3,(H,15,16). The van der Waals surface area contributed by atoms with Gasteiger partial charge >= 0.3 is 0 Å². The van der Waals surface area contributed by atoms with Crippen molar-refractivity contribution in [3.05, 3.63) is 21.3 Å². The normalized spacial score (nSPS) is 12.5. The van der Waals surface area contributed by atoms with E-state index in [9.17, 15) is 8.42 Å². The Morgan fingerprint density at radius 2 is 2.18 bits per heavy atom. The molecule has 0 bridgehead atoms. The molecule has 0 spiro atoms. The second-order valence-electron chi connectivity index (χ2n) is 4.78. The van der Waals surface area contributed by atoms with Gasteiger partial charge in [0.05, 0.1) is 29.8 Å². The van der Waals surface area contributed by atoms with Crippen molar-refractivity contribution in [1.29, 1.82) is 0 Å². The van der Waals surface area contributed by atoms with Gasteiger partial charge in [0.2, 0.25) is 0 Å². The van der Waals surface area contributed by atoms with E-state index >= 15 is 0 Å². The average Bonchev–Trinajstić information content (AvgIpc) is 2.82. The zero-order valence-electron chi connectivity index (χ0n) is 13.0. The van der Waals surface area contributed by atoms with Gasteiger partial charge in [-0.15, -0.1) is 11.3 Å². The first-order valence-corrected chi connectivity index (χ1v) is 9.99. The first-order chi connectivity index (χ1) is 10.3. The van der Waals surface area contributed by atoms with Crippen molar-refractivity contribution in [2.75, 3.05) is 45.9 Å². The smallest absolute Gasteiger partial charge is 0.193 e. The number of halogens is 1. The van der Waals surface area contributed by atoms with Gasteiger partial charge in [-0.3, -0.25) is 4.99 Å². The number of guanidine groups is 1. The van der Waals surface area contributed by atoms with Gasteiger partial charge in [-0.25, -0.2) is 8.42 Å². The van der Waals surface area contributed by atoms with E-state index < -0.39 is 9.84 Å². The Morgan fingerprint density at radius 3 is 2.73 bits per heavy atom. The van der Waals surface area contributed by atoms with Crippen molar-refractivity contribution in [3.8, 4) is 0 Å². The van der Waals surface area contributed by atoms with Gasteiger partial charge in [-0.2, -0.15) is 0 Å². The molecule has 9 heteroatoms. The second kappa shape index (κ2) is 9.34. The fraction of sp³-hybridized carbons (Fsp3) is 0.615. The summed E-state index contributed by atoms with van der Waals surface area (Å²) in [6.45, 7) is 1.91. The largest absolute Gasteiger partial charge is 0.379 e. The van der Waals surface area contributed by atoms with Crippen LogP contribution >= 0.6 is 22.9 Å². The van der Waals surface area contributed by atoms with Crippen LogP contribution in [0.3, 0.4) is 0 Å². The topological polar surface area (TPSA) is 71.0 Å². The molecule has 0 aliphatic heterocycles. The fourth-order valence-corrected chi connectivity index (χ4v) is 3.24. The van der Waals surface area contributed by atoms with Crippen LogP contribution in [0.25, 0.3) is 0 Å². The maximum atomic E-state index is 11.0. The lowest BCUT2D eigenvalue weighted by atomic mass is 10.4. The summed E-state index contributed by atoms with van der Waals surface area (Å²) in [5, 5.41) is 3.17. The number of nitrogens with zero attached hydrogens (tertiary/aromatic N) is 2. The molecule has 0 radical (unpaired) electrons. The number of ether oxygens (including phenoxy) is 1. The summed E-state index contributed by atoms with van der Waals surface area (Å²) < 4.78 is 28.0. The highest BCUT2D eigenvalue weighted by atomic mass is 35.5. The van der Waals surface area contributed by atoms with Crippen LogP contribution in [0.1, 0.15) is 4.88 Å². The van der Waals surface area contributed by atoms with Crippen molar-refractivity contribution in [2.24, 2.45) is 4.99 Å². The molecule has 1 N–H and O–H groups in total. The van der Waals surface area contributed by atoms with Crippen LogP contribution in [0.5, 0.6) is 0 Å². The van der Waals surface area contributed by atoms with Crippen LogP contribution in [0, 0.1) is 0 Å². The Labute approximate surface area is 141 Å². The van der Waals surface area contributed by atoms with Gasteiger partial charge in [0.1, 0.15) is 9.84 Å². The third-order valence-electron chi connectivity index (χ3n) is 2.72. The molecule has 0 unspecified atom stereocenters. The predicted molar refractivity (Wildman–Crippen MR) is 92.7 cm³/mol. The summed E-state index contributed by atoms with van der Waals surface area (Å²) in [6.07, 6.45) is 1.20. The van der Waals surface area contributed by atoms with Gasteiger partial charge in [-0.05, 0) is 12.1 Å². The minimum Gasteiger partial charge on any atom is -0.379 e. The Morgan fingerprint density at radius 1 is 1.45 bits per heavy atom. The molecule has 1 aromatic heterocycles. The molecule has 6 nitrogen and oxygen atoms in total. The lowest BCUT2D eigenvalue weighted by Crippen LogP contribution is -2.39. The number of thiophene rings is 1. The Kier molecular flexibility index (Phi) is 8.16. The SMILES string of the molecule is CN=C(NCCOCCS(C)(=O)=O)N(C)Cc1ccc(Cl)s1. The van der Waals surface area contributed by atoms with Crippen molar-refractivity contribution in [2.45, 2.75) is 6.54 Å². The van der Waals surface area contributed by atoms with E-state index in [1.165, 1.54) is 6.26 Å². The average molecular weight is 368 g/mol. The molecule has 0 fully saturated rings. The van der Waals surface area contributed by atoms with Crippen molar-refractivity contribution < 1.29 is 13.2 Å². The lowest BCUT2D eigenvalue weighted by molar-refractivity contribution is 0.153. The van der Waals surface area contributed by atoms with Gasteiger partial charge in [-0.1, -0.05) is 11.6 Å². The van der Waals surface area contributed by atoms with Crippen molar-refractivity contribution >= 4 is 38.7 Å². The van der Waals surface area contributed by atoms with Crippen LogP contribution < -0.4 is 5.32 Å². The fourth-order valence-electron chi connectivity index (χ4n) is 1.68. The van der Waals surface area contributed by atoms with E-state index in [0.717, 1.165) is 15.2 Å². The van der Waals surface area contributed by atoms with Gasteiger partial charge in [0.25, 0.3) is 0 Å². The molecule has 0 amide bonds. The number of nitrogens with one attached hydrogen (secondary N) is 1. The zero-order chi connectivity index (χ0) is 16.6. The van der Waals surface area contributed by atoms with E-state index in [2.05, 4.69) is 10.3 Å². The molecule has 0 aliphatic rings. The molecule has 22 heavy (non-hydrogen) atoms. The minimum atomic E-state index is -2.97. The van der Waals surface area contributed by atoms with E-state index in [1.807, 2.05) is 24.1 Å². The number of aliphatic imine (C=N–C) groups is 1. The lowest BCUT2D eigenvalue weighted by Gasteiger charge is -2.21. The van der Waals surface area contributed by atoms with Crippen LogP contribution in [-0.4, -0.2) is 65.1 Å². The maximum Gasteiger partial charge on any atom is 0.193 e. The van der Waals surface area contributed by atoms with E-state index in [1.54, 1.807) is 18.4 Å². The summed E-state index contributed by atoms with van der Waals surface area (Å²) in [6, 6.07) is 3.87. The Bertz CT molecular complexity index is 587. The first-order valence-electron chi connectivity index (χ1n) is 6.73. The van der Waals surface area contributed by atoms with E-state index in [-0.39, 0.29) is 12.4 Å². The number of sulfone groups is 1. The monoisotopic (exact) mass is 367 g/mol. The molecule has 0 aliphatic carbocycles. The third kappa shape index (κ3) is 7.98. The molecule has 1 rings (SSSR count). The number of hydrogen-bond donors (Lipinski definition) is 1. The second-order valence-corrected chi connectivity index (χ2v) is 8.84. The highest BCUT2D eigenvalue weighted by molar-refractivity contribution is 7.90.